The summed E-state index contributed by atoms with van der Waals surface area (Å²) in [6.07, 6.45) is 5.28. The van der Waals surface area contributed by atoms with E-state index in [1.54, 1.807) is 12.1 Å². The van der Waals surface area contributed by atoms with Crippen molar-refractivity contribution in [2.45, 2.75) is 39.3 Å². The summed E-state index contributed by atoms with van der Waals surface area (Å²) in [6, 6.07) is 4.96. The van der Waals surface area contributed by atoms with Gasteiger partial charge in [-0.05, 0) is 44.0 Å². The standard InChI is InChI=1S/C16H21ClFN3/c1-3-19-13(8-12-10-20-21(4-2)11-12)9-14-15(17)6-5-7-16(14)18/h5-7,10-11,13,19H,3-4,8-9H2,1-2H3. The van der Waals surface area contributed by atoms with Crippen LogP contribution in [0.1, 0.15) is 25.0 Å². The van der Waals surface area contributed by atoms with Crippen LogP contribution in [-0.4, -0.2) is 22.4 Å². The first-order chi connectivity index (χ1) is 10.1. The van der Waals surface area contributed by atoms with E-state index in [9.17, 15) is 4.39 Å². The van der Waals surface area contributed by atoms with E-state index in [1.807, 2.05) is 24.0 Å². The van der Waals surface area contributed by atoms with Gasteiger partial charge in [0.15, 0.2) is 0 Å². The van der Waals surface area contributed by atoms with Crippen LogP contribution in [0.25, 0.3) is 0 Å². The maximum atomic E-state index is 13.9. The van der Waals surface area contributed by atoms with E-state index in [2.05, 4.69) is 17.3 Å². The summed E-state index contributed by atoms with van der Waals surface area (Å²) in [4.78, 5) is 0. The third-order valence-electron chi connectivity index (χ3n) is 3.50. The maximum absolute atomic E-state index is 13.9. The minimum Gasteiger partial charge on any atom is -0.314 e. The van der Waals surface area contributed by atoms with Crippen LogP contribution in [0.4, 0.5) is 4.39 Å². The zero-order valence-corrected chi connectivity index (χ0v) is 13.2. The summed E-state index contributed by atoms with van der Waals surface area (Å²) in [5, 5.41) is 8.17. The number of benzene rings is 1. The van der Waals surface area contributed by atoms with E-state index >= 15 is 0 Å². The number of likely N-dealkylation sites (N-methyl/N-ethyl adjacent to an activating group) is 1. The molecule has 1 aromatic carbocycles. The van der Waals surface area contributed by atoms with Crippen molar-refractivity contribution in [2.24, 2.45) is 0 Å². The molecular weight excluding hydrogens is 289 g/mol. The molecule has 0 bridgehead atoms. The highest BCUT2D eigenvalue weighted by Crippen LogP contribution is 2.21. The summed E-state index contributed by atoms with van der Waals surface area (Å²) in [7, 11) is 0. The number of aryl methyl sites for hydroxylation is 1. The number of nitrogens with zero attached hydrogens (tertiary/aromatic N) is 2. The number of hydrogen-bond acceptors (Lipinski definition) is 2. The number of nitrogens with one attached hydrogen (secondary N) is 1. The Kier molecular flexibility index (Phi) is 5.76. The van der Waals surface area contributed by atoms with Crippen LogP contribution in [0.3, 0.4) is 0 Å². The lowest BCUT2D eigenvalue weighted by molar-refractivity contribution is 0.505. The van der Waals surface area contributed by atoms with E-state index < -0.39 is 0 Å². The van der Waals surface area contributed by atoms with Gasteiger partial charge in [0.1, 0.15) is 5.82 Å². The average Bonchev–Trinajstić information content (AvgIpc) is 2.91. The van der Waals surface area contributed by atoms with Gasteiger partial charge in [-0.1, -0.05) is 24.6 Å². The Balaban J connectivity index is 2.11. The van der Waals surface area contributed by atoms with Crippen molar-refractivity contribution >= 4 is 11.6 Å². The van der Waals surface area contributed by atoms with Crippen molar-refractivity contribution in [3.05, 3.63) is 52.6 Å². The Morgan fingerprint density at radius 1 is 1.33 bits per heavy atom. The van der Waals surface area contributed by atoms with Crippen LogP contribution in [0.5, 0.6) is 0 Å². The second-order valence-electron chi connectivity index (χ2n) is 5.07. The molecule has 1 aromatic heterocycles. The van der Waals surface area contributed by atoms with E-state index in [0.29, 0.717) is 17.0 Å². The number of rotatable bonds is 7. The smallest absolute Gasteiger partial charge is 0.127 e. The molecule has 0 saturated carbocycles. The SMILES string of the molecule is CCNC(Cc1cnn(CC)c1)Cc1c(F)cccc1Cl. The van der Waals surface area contributed by atoms with E-state index in [4.69, 9.17) is 11.6 Å². The molecule has 0 radical (unpaired) electrons. The molecule has 5 heteroatoms. The lowest BCUT2D eigenvalue weighted by atomic mass is 10.00. The van der Waals surface area contributed by atoms with Gasteiger partial charge >= 0.3 is 0 Å². The Morgan fingerprint density at radius 3 is 2.76 bits per heavy atom. The fourth-order valence-electron chi connectivity index (χ4n) is 2.45. The molecule has 1 N–H and O–H groups in total. The molecule has 114 valence electrons. The van der Waals surface area contributed by atoms with Crippen LogP contribution in [-0.2, 0) is 19.4 Å². The van der Waals surface area contributed by atoms with Gasteiger partial charge in [-0.15, -0.1) is 0 Å². The second-order valence-corrected chi connectivity index (χ2v) is 5.47. The summed E-state index contributed by atoms with van der Waals surface area (Å²) in [5.41, 5.74) is 1.73. The topological polar surface area (TPSA) is 29.9 Å². The van der Waals surface area contributed by atoms with Crippen LogP contribution in [0.2, 0.25) is 5.02 Å². The van der Waals surface area contributed by atoms with Gasteiger partial charge in [-0.3, -0.25) is 4.68 Å². The molecule has 1 heterocycles. The molecule has 0 saturated heterocycles. The number of halogens is 2. The van der Waals surface area contributed by atoms with Crippen LogP contribution in [0.15, 0.2) is 30.6 Å². The van der Waals surface area contributed by atoms with Crippen LogP contribution >= 0.6 is 11.6 Å². The zero-order chi connectivity index (χ0) is 15.2. The molecule has 0 aliphatic heterocycles. The minimum absolute atomic E-state index is 0.138. The predicted octanol–water partition coefficient (Wildman–Crippen LogP) is 3.46. The third-order valence-corrected chi connectivity index (χ3v) is 3.85. The van der Waals surface area contributed by atoms with E-state index in [1.165, 1.54) is 6.07 Å². The highest BCUT2D eigenvalue weighted by molar-refractivity contribution is 6.31. The Hall–Kier alpha value is -1.39. The number of hydrogen-bond donors (Lipinski definition) is 1. The normalized spacial score (nSPS) is 12.6. The van der Waals surface area contributed by atoms with Crippen molar-refractivity contribution in [1.82, 2.24) is 15.1 Å². The van der Waals surface area contributed by atoms with Gasteiger partial charge < -0.3 is 5.32 Å². The van der Waals surface area contributed by atoms with Gasteiger partial charge in [-0.25, -0.2) is 4.39 Å². The van der Waals surface area contributed by atoms with Gasteiger partial charge in [0.25, 0.3) is 0 Å². The van der Waals surface area contributed by atoms with E-state index in [-0.39, 0.29) is 11.9 Å². The first-order valence-electron chi connectivity index (χ1n) is 7.31. The van der Waals surface area contributed by atoms with Crippen molar-refractivity contribution in [3.63, 3.8) is 0 Å². The quantitative estimate of drug-likeness (QED) is 0.849. The average molecular weight is 310 g/mol. The van der Waals surface area contributed by atoms with Gasteiger partial charge in [-0.2, -0.15) is 5.10 Å². The fourth-order valence-corrected chi connectivity index (χ4v) is 2.69. The van der Waals surface area contributed by atoms with Crippen molar-refractivity contribution in [2.75, 3.05) is 6.54 Å². The third kappa shape index (κ3) is 4.29. The summed E-state index contributed by atoms with van der Waals surface area (Å²) in [5.74, 6) is -0.241. The zero-order valence-electron chi connectivity index (χ0n) is 12.4. The maximum Gasteiger partial charge on any atom is 0.127 e. The van der Waals surface area contributed by atoms with E-state index in [0.717, 1.165) is 25.1 Å². The molecule has 1 atom stereocenters. The molecule has 21 heavy (non-hydrogen) atoms. The molecule has 2 rings (SSSR count). The molecule has 3 nitrogen and oxygen atoms in total. The highest BCUT2D eigenvalue weighted by atomic mass is 35.5. The first-order valence-corrected chi connectivity index (χ1v) is 7.69. The predicted molar refractivity (Wildman–Crippen MR) is 84.2 cm³/mol. The summed E-state index contributed by atoms with van der Waals surface area (Å²) >= 11 is 6.12. The Morgan fingerprint density at radius 2 is 2.14 bits per heavy atom. The molecule has 2 aromatic rings. The summed E-state index contributed by atoms with van der Waals surface area (Å²) < 4.78 is 15.8. The lowest BCUT2D eigenvalue weighted by Crippen LogP contribution is -2.33. The largest absolute Gasteiger partial charge is 0.314 e. The Bertz CT molecular complexity index is 562. The second kappa shape index (κ2) is 7.57. The van der Waals surface area contributed by atoms with Crippen LogP contribution in [0, 0.1) is 5.82 Å². The van der Waals surface area contributed by atoms with Crippen molar-refractivity contribution in [1.29, 1.82) is 0 Å². The fraction of sp³-hybridized carbons (Fsp3) is 0.438. The monoisotopic (exact) mass is 309 g/mol. The van der Waals surface area contributed by atoms with Gasteiger partial charge in [0.05, 0.1) is 6.20 Å². The van der Waals surface area contributed by atoms with Gasteiger partial charge in [0, 0.05) is 29.4 Å². The first kappa shape index (κ1) is 16.0. The van der Waals surface area contributed by atoms with Crippen molar-refractivity contribution < 1.29 is 4.39 Å². The molecule has 0 aliphatic rings. The number of aromatic nitrogens is 2. The highest BCUT2D eigenvalue weighted by Gasteiger charge is 2.15. The summed E-state index contributed by atoms with van der Waals surface area (Å²) in [6.45, 7) is 5.78. The lowest BCUT2D eigenvalue weighted by Gasteiger charge is -2.18. The van der Waals surface area contributed by atoms with Gasteiger partial charge in [0.2, 0.25) is 0 Å². The molecule has 0 aliphatic carbocycles. The minimum atomic E-state index is -0.241. The molecular formula is C16H21ClFN3. The van der Waals surface area contributed by atoms with Crippen molar-refractivity contribution in [3.8, 4) is 0 Å². The Labute approximate surface area is 130 Å². The van der Waals surface area contributed by atoms with Crippen LogP contribution < -0.4 is 5.32 Å². The molecule has 1 unspecified atom stereocenters. The molecule has 0 spiro atoms. The molecule has 0 amide bonds. The molecule has 0 fully saturated rings.